The van der Waals surface area contributed by atoms with Crippen LogP contribution in [0, 0.1) is 0 Å². The van der Waals surface area contributed by atoms with E-state index in [-0.39, 0.29) is 23.4 Å². The molecule has 9 heteroatoms. The third-order valence-electron chi connectivity index (χ3n) is 2.24. The molecule has 0 aromatic carbocycles. The van der Waals surface area contributed by atoms with Crippen LogP contribution in [0.3, 0.4) is 0 Å². The highest BCUT2D eigenvalue weighted by atomic mass is 32.2. The molecule has 0 spiro atoms. The van der Waals surface area contributed by atoms with E-state index in [2.05, 4.69) is 25.8 Å². The third-order valence-corrected chi connectivity index (χ3v) is 3.25. The lowest BCUT2D eigenvalue weighted by atomic mass is 10.3. The summed E-state index contributed by atoms with van der Waals surface area (Å²) in [5.74, 6) is 0.310. The number of aromatic amines is 1. The van der Waals surface area contributed by atoms with Crippen molar-refractivity contribution in [2.45, 2.75) is 11.6 Å². The molecule has 0 fully saturated rings. The van der Waals surface area contributed by atoms with Gasteiger partial charge in [0.1, 0.15) is 5.69 Å². The quantitative estimate of drug-likeness (QED) is 0.748. The summed E-state index contributed by atoms with van der Waals surface area (Å²) in [5, 5.41) is 14.2. The molecule has 19 heavy (non-hydrogen) atoms. The maximum atomic E-state index is 11.6. The molecule has 2 N–H and O–H groups in total. The van der Waals surface area contributed by atoms with E-state index in [1.807, 2.05) is 0 Å². The molecule has 0 atom stereocenters. The van der Waals surface area contributed by atoms with E-state index < -0.39 is 0 Å². The molecule has 0 unspecified atom stereocenters. The second-order valence-corrected chi connectivity index (χ2v) is 4.72. The normalized spacial score (nSPS) is 10.4. The second-order valence-electron chi connectivity index (χ2n) is 3.65. The average molecular weight is 280 g/mol. The number of nitrogens with one attached hydrogen (secondary N) is 2. The zero-order chi connectivity index (χ0) is 13.7. The number of hydrogen-bond acceptors (Lipinski definition) is 6. The summed E-state index contributed by atoms with van der Waals surface area (Å²) in [4.78, 5) is 25.8. The van der Waals surface area contributed by atoms with Gasteiger partial charge in [0, 0.05) is 37.7 Å². The van der Waals surface area contributed by atoms with Gasteiger partial charge >= 0.3 is 0 Å². The first-order valence-electron chi connectivity index (χ1n) is 5.49. The molecule has 2 aromatic rings. The Morgan fingerprint density at radius 1 is 1.58 bits per heavy atom. The topological polar surface area (TPSA) is 106 Å². The van der Waals surface area contributed by atoms with Crippen molar-refractivity contribution in [1.82, 2.24) is 25.2 Å². The number of amides is 1. The van der Waals surface area contributed by atoms with E-state index >= 15 is 0 Å². The van der Waals surface area contributed by atoms with Crippen LogP contribution in [0.5, 0.6) is 0 Å². The second kappa shape index (κ2) is 6.14. The first-order valence-corrected chi connectivity index (χ1v) is 6.47. The summed E-state index contributed by atoms with van der Waals surface area (Å²) in [6, 6.07) is 1.36. The number of hydrogen-bond donors (Lipinski definition) is 2. The van der Waals surface area contributed by atoms with Crippen molar-refractivity contribution < 1.29 is 4.79 Å². The Morgan fingerprint density at radius 3 is 3.11 bits per heavy atom. The highest BCUT2D eigenvalue weighted by molar-refractivity contribution is 7.99. The van der Waals surface area contributed by atoms with E-state index in [0.717, 1.165) is 0 Å². The summed E-state index contributed by atoms with van der Waals surface area (Å²) in [5.41, 5.74) is 0.0232. The standard InChI is InChI=1S/C10H12N6O2S/c1-16-10(13-14-15-16)19-5-3-9(18)12-7-6-11-4-2-8(7)17/h2,4,6H,3,5H2,1H3,(H,11,17)(H,12,18). The molecule has 0 aliphatic heterocycles. The van der Waals surface area contributed by atoms with Crippen LogP contribution in [-0.2, 0) is 11.8 Å². The highest BCUT2D eigenvalue weighted by Crippen LogP contribution is 2.13. The number of pyridine rings is 1. The molecule has 100 valence electrons. The molecule has 8 nitrogen and oxygen atoms in total. The first kappa shape index (κ1) is 13.3. The molecule has 0 saturated heterocycles. The minimum atomic E-state index is -0.225. The van der Waals surface area contributed by atoms with Crippen LogP contribution in [0.25, 0.3) is 0 Å². The fraction of sp³-hybridized carbons (Fsp3) is 0.300. The van der Waals surface area contributed by atoms with Gasteiger partial charge in [0.2, 0.25) is 16.5 Å². The van der Waals surface area contributed by atoms with Crippen molar-refractivity contribution >= 4 is 23.4 Å². The van der Waals surface area contributed by atoms with Crippen LogP contribution in [0.15, 0.2) is 28.4 Å². The molecule has 0 radical (unpaired) electrons. The summed E-state index contributed by atoms with van der Waals surface area (Å²) in [6.07, 6.45) is 3.24. The van der Waals surface area contributed by atoms with Gasteiger partial charge in [0.15, 0.2) is 0 Å². The number of tetrazole rings is 1. The number of thioether (sulfide) groups is 1. The Morgan fingerprint density at radius 2 is 2.42 bits per heavy atom. The van der Waals surface area contributed by atoms with Gasteiger partial charge in [-0.25, -0.2) is 4.68 Å². The number of H-pyrrole nitrogens is 1. The largest absolute Gasteiger partial charge is 0.366 e. The van der Waals surface area contributed by atoms with Crippen LogP contribution in [0.4, 0.5) is 5.69 Å². The number of anilines is 1. The van der Waals surface area contributed by atoms with E-state index in [1.54, 1.807) is 7.05 Å². The van der Waals surface area contributed by atoms with Crippen LogP contribution in [0.2, 0.25) is 0 Å². The highest BCUT2D eigenvalue weighted by Gasteiger charge is 2.07. The lowest BCUT2D eigenvalue weighted by molar-refractivity contribution is -0.115. The molecule has 0 bridgehead atoms. The van der Waals surface area contributed by atoms with E-state index in [1.165, 1.54) is 34.9 Å². The van der Waals surface area contributed by atoms with Crippen molar-refractivity contribution in [3.8, 4) is 0 Å². The summed E-state index contributed by atoms with van der Waals surface area (Å²) >= 11 is 1.38. The van der Waals surface area contributed by atoms with Crippen LogP contribution in [0.1, 0.15) is 6.42 Å². The monoisotopic (exact) mass is 280 g/mol. The van der Waals surface area contributed by atoms with Crippen molar-refractivity contribution in [2.75, 3.05) is 11.1 Å². The molecule has 0 aliphatic rings. The van der Waals surface area contributed by atoms with Gasteiger partial charge in [0.25, 0.3) is 0 Å². The van der Waals surface area contributed by atoms with Crippen molar-refractivity contribution in [3.05, 3.63) is 28.7 Å². The number of aryl methyl sites for hydroxylation is 1. The van der Waals surface area contributed by atoms with Gasteiger partial charge in [-0.05, 0) is 10.4 Å². The lowest BCUT2D eigenvalue weighted by Crippen LogP contribution is -2.18. The maximum absolute atomic E-state index is 11.6. The number of rotatable bonds is 5. The van der Waals surface area contributed by atoms with Crippen LogP contribution >= 0.6 is 11.8 Å². The van der Waals surface area contributed by atoms with Crippen molar-refractivity contribution in [3.63, 3.8) is 0 Å². The first-order chi connectivity index (χ1) is 9.16. The zero-order valence-corrected chi connectivity index (χ0v) is 11.0. The Bertz CT molecular complexity index is 622. The SMILES string of the molecule is Cn1nnnc1SCCC(=O)Nc1c[nH]ccc1=O. The molecule has 0 aliphatic carbocycles. The molecule has 2 rings (SSSR count). The van der Waals surface area contributed by atoms with Crippen LogP contribution in [-0.4, -0.2) is 36.9 Å². The smallest absolute Gasteiger partial charge is 0.225 e. The van der Waals surface area contributed by atoms with Gasteiger partial charge in [-0.2, -0.15) is 0 Å². The Hall–Kier alpha value is -2.16. The maximum Gasteiger partial charge on any atom is 0.225 e. The summed E-state index contributed by atoms with van der Waals surface area (Å²) < 4.78 is 1.53. The minimum absolute atomic E-state index is 0.223. The van der Waals surface area contributed by atoms with Gasteiger partial charge in [-0.1, -0.05) is 11.8 Å². The molecular weight excluding hydrogens is 268 g/mol. The summed E-state index contributed by atoms with van der Waals surface area (Å²) in [7, 11) is 1.73. The van der Waals surface area contributed by atoms with E-state index in [4.69, 9.17) is 0 Å². The molecule has 2 aromatic heterocycles. The Balaban J connectivity index is 1.81. The number of carbonyl (C=O) groups excluding carboxylic acids is 1. The number of carbonyl (C=O) groups is 1. The Labute approximate surface area is 112 Å². The van der Waals surface area contributed by atoms with Gasteiger partial charge < -0.3 is 10.3 Å². The molecule has 2 heterocycles. The van der Waals surface area contributed by atoms with Crippen molar-refractivity contribution in [2.24, 2.45) is 7.05 Å². The van der Waals surface area contributed by atoms with Gasteiger partial charge in [-0.3, -0.25) is 9.59 Å². The predicted molar refractivity (Wildman–Crippen MR) is 69.8 cm³/mol. The number of aromatic nitrogens is 5. The average Bonchev–Trinajstić information content (AvgIpc) is 2.78. The minimum Gasteiger partial charge on any atom is -0.366 e. The van der Waals surface area contributed by atoms with Gasteiger partial charge in [0.05, 0.1) is 0 Å². The van der Waals surface area contributed by atoms with Crippen molar-refractivity contribution in [1.29, 1.82) is 0 Å². The van der Waals surface area contributed by atoms with Crippen LogP contribution < -0.4 is 10.7 Å². The molecule has 0 saturated carbocycles. The molecular formula is C10H12N6O2S. The zero-order valence-electron chi connectivity index (χ0n) is 10.2. The fourth-order valence-corrected chi connectivity index (χ4v) is 2.09. The number of nitrogens with zero attached hydrogens (tertiary/aromatic N) is 4. The Kier molecular flexibility index (Phi) is 4.29. The van der Waals surface area contributed by atoms with E-state index in [9.17, 15) is 9.59 Å². The van der Waals surface area contributed by atoms with Gasteiger partial charge in [-0.15, -0.1) is 5.10 Å². The summed E-state index contributed by atoms with van der Waals surface area (Å²) in [6.45, 7) is 0. The van der Waals surface area contributed by atoms with E-state index in [0.29, 0.717) is 10.9 Å². The lowest BCUT2D eigenvalue weighted by Gasteiger charge is -2.03. The predicted octanol–water partition coefficient (Wildman–Crippen LogP) is 0.0193. The molecule has 1 amide bonds. The third kappa shape index (κ3) is 3.65. The fourth-order valence-electron chi connectivity index (χ4n) is 1.31.